The standard InChI is InChI=1S/C27H22ClF3N4O/c1-34-24-11-3-18(2-9-22-10-6-20(17-32-22)19-4-7-21(28)8-5-19)16-23(24)33-25(34)35-14-12-26(36,13-15-35)27(29,30)31/h3-8,10-11,16-17,36H,12-15H2,1H3. The number of aliphatic hydroxyl groups is 1. The molecule has 1 saturated heterocycles. The van der Waals surface area contributed by atoms with E-state index in [4.69, 9.17) is 11.6 Å². The predicted molar refractivity (Wildman–Crippen MR) is 134 cm³/mol. The minimum atomic E-state index is -4.63. The average molecular weight is 511 g/mol. The number of hydrogen-bond acceptors (Lipinski definition) is 4. The molecule has 2 aromatic heterocycles. The molecule has 2 aromatic carbocycles. The molecule has 5 rings (SSSR count). The van der Waals surface area contributed by atoms with E-state index in [-0.39, 0.29) is 25.9 Å². The van der Waals surface area contributed by atoms with E-state index in [9.17, 15) is 18.3 Å². The predicted octanol–water partition coefficient (Wildman–Crippen LogP) is 5.58. The topological polar surface area (TPSA) is 54.2 Å². The third-order valence-electron chi connectivity index (χ3n) is 6.53. The minimum absolute atomic E-state index is 0.0670. The van der Waals surface area contributed by atoms with Gasteiger partial charge in [0.15, 0.2) is 5.60 Å². The smallest absolute Gasteiger partial charge is 0.380 e. The van der Waals surface area contributed by atoms with Gasteiger partial charge in [-0.25, -0.2) is 9.97 Å². The lowest BCUT2D eigenvalue weighted by Crippen LogP contribution is -2.53. The summed E-state index contributed by atoms with van der Waals surface area (Å²) in [5.41, 5.74) is 2.25. The second-order valence-electron chi connectivity index (χ2n) is 8.88. The molecule has 1 aliphatic heterocycles. The van der Waals surface area contributed by atoms with Crippen LogP contribution in [0.3, 0.4) is 0 Å². The molecule has 36 heavy (non-hydrogen) atoms. The first kappa shape index (κ1) is 24.2. The molecule has 5 nitrogen and oxygen atoms in total. The molecule has 0 saturated carbocycles. The molecule has 1 aliphatic rings. The number of imidazole rings is 1. The molecule has 0 bridgehead atoms. The summed E-state index contributed by atoms with van der Waals surface area (Å²) in [6.45, 7) is 0.134. The van der Waals surface area contributed by atoms with E-state index < -0.39 is 11.8 Å². The van der Waals surface area contributed by atoms with Crippen LogP contribution in [0.5, 0.6) is 0 Å². The first-order chi connectivity index (χ1) is 17.1. The van der Waals surface area contributed by atoms with Crippen molar-refractivity contribution in [1.82, 2.24) is 14.5 Å². The van der Waals surface area contributed by atoms with Crippen molar-refractivity contribution >= 4 is 28.6 Å². The molecular weight excluding hydrogens is 489 g/mol. The van der Waals surface area contributed by atoms with Gasteiger partial charge in [-0.1, -0.05) is 35.7 Å². The first-order valence-corrected chi connectivity index (χ1v) is 11.8. The number of pyridine rings is 1. The van der Waals surface area contributed by atoms with Gasteiger partial charge in [0.05, 0.1) is 11.0 Å². The van der Waals surface area contributed by atoms with Crippen molar-refractivity contribution < 1.29 is 18.3 Å². The highest BCUT2D eigenvalue weighted by Crippen LogP contribution is 2.39. The lowest BCUT2D eigenvalue weighted by Gasteiger charge is -2.39. The van der Waals surface area contributed by atoms with Crippen LogP contribution in [-0.4, -0.2) is 44.5 Å². The van der Waals surface area contributed by atoms with Crippen LogP contribution >= 0.6 is 11.6 Å². The Morgan fingerprint density at radius 3 is 2.31 bits per heavy atom. The van der Waals surface area contributed by atoms with E-state index in [1.165, 1.54) is 0 Å². The zero-order chi connectivity index (χ0) is 25.5. The number of halogens is 4. The number of anilines is 1. The maximum Gasteiger partial charge on any atom is 0.417 e. The van der Waals surface area contributed by atoms with Crippen LogP contribution in [0.2, 0.25) is 5.02 Å². The van der Waals surface area contributed by atoms with Crippen molar-refractivity contribution in [3.8, 4) is 23.0 Å². The molecule has 3 heterocycles. The second-order valence-corrected chi connectivity index (χ2v) is 9.32. The molecule has 1 fully saturated rings. The van der Waals surface area contributed by atoms with Gasteiger partial charge in [-0.2, -0.15) is 13.2 Å². The molecule has 4 aromatic rings. The number of nitrogens with zero attached hydrogens (tertiary/aromatic N) is 4. The highest BCUT2D eigenvalue weighted by molar-refractivity contribution is 6.30. The Morgan fingerprint density at radius 2 is 1.67 bits per heavy atom. The number of benzene rings is 2. The van der Waals surface area contributed by atoms with Crippen molar-refractivity contribution in [2.24, 2.45) is 7.05 Å². The fourth-order valence-corrected chi connectivity index (χ4v) is 4.45. The van der Waals surface area contributed by atoms with Crippen LogP contribution in [0.1, 0.15) is 24.1 Å². The van der Waals surface area contributed by atoms with Gasteiger partial charge >= 0.3 is 6.18 Å². The Morgan fingerprint density at radius 1 is 0.972 bits per heavy atom. The number of aryl methyl sites for hydroxylation is 1. The highest BCUT2D eigenvalue weighted by atomic mass is 35.5. The molecule has 1 N–H and O–H groups in total. The number of fused-ring (bicyclic) bond motifs is 1. The van der Waals surface area contributed by atoms with Crippen LogP contribution in [0.4, 0.5) is 19.1 Å². The lowest BCUT2D eigenvalue weighted by atomic mass is 9.91. The van der Waals surface area contributed by atoms with E-state index >= 15 is 0 Å². The van der Waals surface area contributed by atoms with Crippen LogP contribution in [-0.2, 0) is 7.05 Å². The van der Waals surface area contributed by atoms with Crippen LogP contribution in [0.15, 0.2) is 60.8 Å². The summed E-state index contributed by atoms with van der Waals surface area (Å²) in [6, 6.07) is 17.0. The van der Waals surface area contributed by atoms with Crippen LogP contribution < -0.4 is 4.90 Å². The maximum absolute atomic E-state index is 13.1. The number of aromatic nitrogens is 3. The highest BCUT2D eigenvalue weighted by Gasteiger charge is 2.54. The molecule has 9 heteroatoms. The Labute approximate surface area is 211 Å². The Bertz CT molecular complexity index is 1460. The summed E-state index contributed by atoms with van der Waals surface area (Å²) in [6.07, 6.45) is -3.65. The van der Waals surface area contributed by atoms with E-state index in [1.54, 1.807) is 11.1 Å². The summed E-state index contributed by atoms with van der Waals surface area (Å²) in [7, 11) is 1.83. The summed E-state index contributed by atoms with van der Waals surface area (Å²) in [5.74, 6) is 6.73. The third-order valence-corrected chi connectivity index (χ3v) is 6.79. The van der Waals surface area contributed by atoms with Gasteiger partial charge in [0.2, 0.25) is 5.95 Å². The Hall–Kier alpha value is -3.54. The lowest BCUT2D eigenvalue weighted by molar-refractivity contribution is -0.266. The number of rotatable bonds is 2. The molecule has 0 unspecified atom stereocenters. The van der Waals surface area contributed by atoms with Gasteiger partial charge < -0.3 is 14.6 Å². The second kappa shape index (κ2) is 9.16. The average Bonchev–Trinajstić information content (AvgIpc) is 3.19. The zero-order valence-corrected chi connectivity index (χ0v) is 20.1. The fraction of sp³-hybridized carbons (Fsp3) is 0.259. The molecule has 184 valence electrons. The Balaban J connectivity index is 1.33. The van der Waals surface area contributed by atoms with Crippen molar-refractivity contribution in [1.29, 1.82) is 0 Å². The van der Waals surface area contributed by atoms with Gasteiger partial charge in [0.25, 0.3) is 0 Å². The first-order valence-electron chi connectivity index (χ1n) is 11.4. The molecule has 0 atom stereocenters. The number of alkyl halides is 3. The van der Waals surface area contributed by atoms with E-state index in [2.05, 4.69) is 21.8 Å². The van der Waals surface area contributed by atoms with Crippen molar-refractivity contribution in [2.45, 2.75) is 24.6 Å². The van der Waals surface area contributed by atoms with Crippen LogP contribution in [0.25, 0.3) is 22.2 Å². The minimum Gasteiger partial charge on any atom is -0.380 e. The van der Waals surface area contributed by atoms with Gasteiger partial charge in [0, 0.05) is 55.3 Å². The third kappa shape index (κ3) is 4.64. The molecule has 0 radical (unpaired) electrons. The van der Waals surface area contributed by atoms with Crippen molar-refractivity contribution in [2.75, 3.05) is 18.0 Å². The monoisotopic (exact) mass is 510 g/mol. The van der Waals surface area contributed by atoms with Crippen LogP contribution in [0, 0.1) is 11.8 Å². The van der Waals surface area contributed by atoms with E-state index in [1.807, 2.05) is 66.2 Å². The maximum atomic E-state index is 13.1. The molecule has 0 spiro atoms. The van der Waals surface area contributed by atoms with Crippen molar-refractivity contribution in [3.05, 3.63) is 77.1 Å². The van der Waals surface area contributed by atoms with Gasteiger partial charge in [0.1, 0.15) is 5.69 Å². The SMILES string of the molecule is Cn1c(N2CCC(O)(C(F)(F)F)CC2)nc2cc(C#Cc3ccc(-c4ccc(Cl)cc4)cn3)ccc21. The summed E-state index contributed by atoms with van der Waals surface area (Å²) < 4.78 is 41.3. The fourth-order valence-electron chi connectivity index (χ4n) is 4.32. The van der Waals surface area contributed by atoms with Crippen molar-refractivity contribution in [3.63, 3.8) is 0 Å². The zero-order valence-electron chi connectivity index (χ0n) is 19.3. The van der Waals surface area contributed by atoms with Gasteiger partial charge in [-0.05, 0) is 47.9 Å². The largest absolute Gasteiger partial charge is 0.417 e. The molecule has 0 aliphatic carbocycles. The van der Waals surface area contributed by atoms with Gasteiger partial charge in [-0.15, -0.1) is 0 Å². The normalized spacial score (nSPS) is 15.6. The summed E-state index contributed by atoms with van der Waals surface area (Å²) in [4.78, 5) is 10.9. The molecule has 0 amide bonds. The van der Waals surface area contributed by atoms with E-state index in [0.29, 0.717) is 22.2 Å². The Kier molecular flexibility index (Phi) is 6.15. The number of piperidine rings is 1. The summed E-state index contributed by atoms with van der Waals surface area (Å²) in [5, 5.41) is 10.6. The quantitative estimate of drug-likeness (QED) is 0.358. The summed E-state index contributed by atoms with van der Waals surface area (Å²) >= 11 is 5.95. The molecular formula is C27H22ClF3N4O. The number of hydrogen-bond donors (Lipinski definition) is 1. The van der Waals surface area contributed by atoms with E-state index in [0.717, 1.165) is 22.2 Å². The van der Waals surface area contributed by atoms with Gasteiger partial charge in [-0.3, -0.25) is 0 Å².